The molecule has 0 aliphatic heterocycles. The highest BCUT2D eigenvalue weighted by atomic mass is 15.0. The molecule has 0 bridgehead atoms. The van der Waals surface area contributed by atoms with Gasteiger partial charge in [0, 0.05) is 22.6 Å². The van der Waals surface area contributed by atoms with Gasteiger partial charge in [-0.1, -0.05) is 30.4 Å². The maximum absolute atomic E-state index is 4.76. The third-order valence-corrected chi connectivity index (χ3v) is 3.94. The number of fused-ring (bicyclic) bond motifs is 3. The first-order chi connectivity index (χ1) is 9.84. The van der Waals surface area contributed by atoms with E-state index in [9.17, 15) is 0 Å². The summed E-state index contributed by atoms with van der Waals surface area (Å²) < 4.78 is 2.36. The minimum atomic E-state index is 1.07. The molecule has 0 N–H and O–H groups in total. The molecule has 2 aromatic heterocycles. The quantitative estimate of drug-likeness (QED) is 0.638. The van der Waals surface area contributed by atoms with E-state index >= 15 is 0 Å². The molecule has 4 rings (SSSR count). The van der Waals surface area contributed by atoms with E-state index < -0.39 is 0 Å². The van der Waals surface area contributed by atoms with E-state index in [4.69, 9.17) is 4.98 Å². The number of pyridine rings is 1. The van der Waals surface area contributed by atoms with E-state index in [1.54, 1.807) is 0 Å². The van der Waals surface area contributed by atoms with E-state index in [-0.39, 0.29) is 0 Å². The van der Waals surface area contributed by atoms with Crippen LogP contribution in [0.25, 0.3) is 22.8 Å². The monoisotopic (exact) mass is 260 g/mol. The molecule has 1 aliphatic carbocycles. The Kier molecular flexibility index (Phi) is 2.49. The normalized spacial score (nSPS) is 13.7. The Morgan fingerprint density at radius 2 is 1.90 bits per heavy atom. The molecule has 0 unspecified atom stereocenters. The molecule has 2 nitrogen and oxygen atoms in total. The van der Waals surface area contributed by atoms with Gasteiger partial charge in [-0.2, -0.15) is 0 Å². The first-order valence-corrected chi connectivity index (χ1v) is 7.07. The molecule has 0 spiro atoms. The molecule has 20 heavy (non-hydrogen) atoms. The zero-order valence-corrected chi connectivity index (χ0v) is 11.5. The average Bonchev–Trinajstić information content (AvgIpc) is 2.82. The summed E-state index contributed by atoms with van der Waals surface area (Å²) in [5.41, 5.74) is 7.30. The van der Waals surface area contributed by atoms with Crippen LogP contribution < -0.4 is 0 Å². The maximum Gasteiger partial charge on any atom is 0.0963 e. The summed E-state index contributed by atoms with van der Waals surface area (Å²) in [5.74, 6) is 0. The second-order valence-electron chi connectivity index (χ2n) is 5.29. The number of allylic oxidation sites excluding steroid dienone is 1. The summed E-state index contributed by atoms with van der Waals surface area (Å²) in [6.07, 6.45) is 6.67. The zero-order chi connectivity index (χ0) is 13.5. The van der Waals surface area contributed by atoms with Gasteiger partial charge in [0.2, 0.25) is 0 Å². The minimum absolute atomic E-state index is 1.07. The van der Waals surface area contributed by atoms with E-state index in [2.05, 4.69) is 66.1 Å². The Balaban J connectivity index is 2.13. The lowest BCUT2D eigenvalue weighted by atomic mass is 10.0. The highest BCUT2D eigenvalue weighted by Crippen LogP contribution is 2.32. The fourth-order valence-corrected chi connectivity index (χ4v) is 3.05. The molecule has 0 amide bonds. The largest absolute Gasteiger partial charge is 0.311 e. The lowest BCUT2D eigenvalue weighted by molar-refractivity contribution is 0.888. The van der Waals surface area contributed by atoms with Crippen molar-refractivity contribution in [2.75, 3.05) is 0 Å². The van der Waals surface area contributed by atoms with Crippen molar-refractivity contribution < 1.29 is 0 Å². The van der Waals surface area contributed by atoms with Gasteiger partial charge in [0.05, 0.1) is 11.0 Å². The highest BCUT2D eigenvalue weighted by Gasteiger charge is 2.19. The Labute approximate surface area is 118 Å². The molecule has 0 fully saturated rings. The van der Waals surface area contributed by atoms with Crippen LogP contribution in [-0.4, -0.2) is 9.55 Å². The third kappa shape index (κ3) is 1.61. The fourth-order valence-electron chi connectivity index (χ4n) is 3.05. The van der Waals surface area contributed by atoms with Crippen molar-refractivity contribution in [3.63, 3.8) is 0 Å². The fraction of sp³-hybridized carbons (Fsp3) is 0.167. The Morgan fingerprint density at radius 1 is 1.05 bits per heavy atom. The van der Waals surface area contributed by atoms with Crippen molar-refractivity contribution in [3.8, 4) is 5.69 Å². The van der Waals surface area contributed by atoms with Crippen molar-refractivity contribution in [1.82, 2.24) is 9.55 Å². The number of benzene rings is 1. The van der Waals surface area contributed by atoms with Gasteiger partial charge in [-0.15, -0.1) is 0 Å². The van der Waals surface area contributed by atoms with E-state index in [0.717, 1.165) is 24.1 Å². The van der Waals surface area contributed by atoms with Crippen LogP contribution in [0.15, 0.2) is 48.5 Å². The van der Waals surface area contributed by atoms with Crippen LogP contribution in [0, 0.1) is 6.92 Å². The number of nitrogens with zero attached hydrogens (tertiary/aromatic N) is 2. The number of aromatic nitrogens is 2. The van der Waals surface area contributed by atoms with Crippen LogP contribution in [0.2, 0.25) is 0 Å². The second-order valence-corrected chi connectivity index (χ2v) is 5.29. The molecule has 98 valence electrons. The SMILES string of the molecule is Cc1ccc2c(n1)c1c(n2-c2ccccc2)CCC=C1. The van der Waals surface area contributed by atoms with Gasteiger partial charge in [0.15, 0.2) is 0 Å². The average molecular weight is 260 g/mol. The Bertz CT molecular complexity index is 810. The van der Waals surface area contributed by atoms with Crippen LogP contribution in [0.5, 0.6) is 0 Å². The molecule has 2 heterocycles. The van der Waals surface area contributed by atoms with Gasteiger partial charge < -0.3 is 4.57 Å². The van der Waals surface area contributed by atoms with Gasteiger partial charge in [-0.3, -0.25) is 4.98 Å². The number of rotatable bonds is 1. The van der Waals surface area contributed by atoms with Gasteiger partial charge >= 0.3 is 0 Å². The summed E-state index contributed by atoms with van der Waals surface area (Å²) in [6.45, 7) is 2.05. The summed E-state index contributed by atoms with van der Waals surface area (Å²) >= 11 is 0. The molecular formula is C18H16N2. The van der Waals surface area contributed by atoms with Crippen molar-refractivity contribution in [3.05, 3.63) is 65.5 Å². The number of hydrogen-bond donors (Lipinski definition) is 0. The molecule has 1 aromatic carbocycles. The summed E-state index contributed by atoms with van der Waals surface area (Å²) in [4.78, 5) is 4.76. The highest BCUT2D eigenvalue weighted by molar-refractivity contribution is 5.90. The van der Waals surface area contributed by atoms with E-state index in [1.807, 2.05) is 0 Å². The second kappa shape index (κ2) is 4.34. The predicted molar refractivity (Wildman–Crippen MR) is 83.2 cm³/mol. The topological polar surface area (TPSA) is 17.8 Å². The van der Waals surface area contributed by atoms with E-state index in [1.165, 1.54) is 22.5 Å². The molecule has 1 aliphatic rings. The van der Waals surface area contributed by atoms with Crippen molar-refractivity contribution >= 4 is 17.1 Å². The van der Waals surface area contributed by atoms with Gasteiger partial charge in [0.25, 0.3) is 0 Å². The van der Waals surface area contributed by atoms with Crippen molar-refractivity contribution in [2.24, 2.45) is 0 Å². The summed E-state index contributed by atoms with van der Waals surface area (Å²) in [5, 5.41) is 0. The molecule has 2 heteroatoms. The predicted octanol–water partition coefficient (Wildman–Crippen LogP) is 4.29. The van der Waals surface area contributed by atoms with Crippen LogP contribution in [0.3, 0.4) is 0 Å². The van der Waals surface area contributed by atoms with Crippen molar-refractivity contribution in [2.45, 2.75) is 19.8 Å². The third-order valence-electron chi connectivity index (χ3n) is 3.94. The number of hydrogen-bond acceptors (Lipinski definition) is 1. The Morgan fingerprint density at radius 3 is 2.75 bits per heavy atom. The first kappa shape index (κ1) is 11.5. The smallest absolute Gasteiger partial charge is 0.0963 e. The first-order valence-electron chi connectivity index (χ1n) is 7.07. The van der Waals surface area contributed by atoms with Crippen LogP contribution in [-0.2, 0) is 6.42 Å². The van der Waals surface area contributed by atoms with Crippen molar-refractivity contribution in [1.29, 1.82) is 0 Å². The van der Waals surface area contributed by atoms with Gasteiger partial charge in [0.1, 0.15) is 0 Å². The summed E-state index contributed by atoms with van der Waals surface area (Å²) in [6, 6.07) is 14.9. The lowest BCUT2D eigenvalue weighted by Crippen LogP contribution is -2.02. The molecule has 0 atom stereocenters. The van der Waals surface area contributed by atoms with Gasteiger partial charge in [-0.25, -0.2) is 0 Å². The lowest BCUT2D eigenvalue weighted by Gasteiger charge is -2.12. The van der Waals surface area contributed by atoms with Crippen LogP contribution in [0.4, 0.5) is 0 Å². The molecule has 3 aromatic rings. The van der Waals surface area contributed by atoms with Crippen LogP contribution in [0.1, 0.15) is 23.4 Å². The summed E-state index contributed by atoms with van der Waals surface area (Å²) in [7, 11) is 0. The van der Waals surface area contributed by atoms with Crippen LogP contribution >= 0.6 is 0 Å². The molecule has 0 saturated carbocycles. The maximum atomic E-state index is 4.76. The minimum Gasteiger partial charge on any atom is -0.311 e. The van der Waals surface area contributed by atoms with Gasteiger partial charge in [-0.05, 0) is 44.0 Å². The molecule has 0 saturated heterocycles. The zero-order valence-electron chi connectivity index (χ0n) is 11.5. The number of para-hydroxylation sites is 1. The standard InChI is InChI=1S/C18H16N2/c1-13-11-12-17-18(19-13)15-9-5-6-10-16(15)20(17)14-7-3-2-4-8-14/h2-5,7-9,11-12H,6,10H2,1H3. The Hall–Kier alpha value is -2.35. The van der Waals surface area contributed by atoms with E-state index in [0.29, 0.717) is 0 Å². The number of aryl methyl sites for hydroxylation is 1. The molecular weight excluding hydrogens is 244 g/mol. The molecule has 0 radical (unpaired) electrons.